The Balaban J connectivity index is 2.12. The molecule has 0 aromatic heterocycles. The third kappa shape index (κ3) is 4.45. The summed E-state index contributed by atoms with van der Waals surface area (Å²) < 4.78 is 5.45. The molecule has 2 rings (SSSR count). The maximum absolute atomic E-state index is 11.6. The van der Waals surface area contributed by atoms with Gasteiger partial charge in [0.15, 0.2) is 0 Å². The van der Waals surface area contributed by atoms with Gasteiger partial charge >= 0.3 is 0 Å². The maximum Gasteiger partial charge on any atom is 0.219 e. The quantitative estimate of drug-likeness (QED) is 0.868. The molecule has 0 saturated carbocycles. The smallest absolute Gasteiger partial charge is 0.219 e. The van der Waals surface area contributed by atoms with Crippen molar-refractivity contribution in [2.45, 2.75) is 19.4 Å². The van der Waals surface area contributed by atoms with Crippen LogP contribution >= 0.6 is 0 Å². The van der Waals surface area contributed by atoms with Crippen molar-refractivity contribution in [3.05, 3.63) is 29.8 Å². The van der Waals surface area contributed by atoms with Crippen LogP contribution in [0.2, 0.25) is 0 Å². The molecule has 0 aliphatic carbocycles. The van der Waals surface area contributed by atoms with Gasteiger partial charge in [-0.1, -0.05) is 19.1 Å². The van der Waals surface area contributed by atoms with Gasteiger partial charge in [-0.2, -0.15) is 0 Å². The standard InChI is InChI=1S/C17H27N3O2/c1-4-17(21)18-13-16(20-9-11-22-12-10-20)14-5-7-15(8-6-14)19(2)3/h5-8,16H,4,9-13H2,1-3H3,(H,18,21)/t16-/m1/s1. The van der Waals surface area contributed by atoms with E-state index in [4.69, 9.17) is 4.74 Å². The van der Waals surface area contributed by atoms with Crippen LogP contribution in [0, 0.1) is 0 Å². The molecule has 5 heteroatoms. The van der Waals surface area contributed by atoms with Gasteiger partial charge in [0.2, 0.25) is 5.91 Å². The molecule has 1 saturated heterocycles. The van der Waals surface area contributed by atoms with Crippen LogP contribution in [-0.2, 0) is 9.53 Å². The van der Waals surface area contributed by atoms with E-state index < -0.39 is 0 Å². The molecule has 1 aliphatic heterocycles. The Morgan fingerprint density at radius 1 is 1.27 bits per heavy atom. The molecule has 1 amide bonds. The molecular formula is C17H27N3O2. The monoisotopic (exact) mass is 305 g/mol. The fourth-order valence-corrected chi connectivity index (χ4v) is 2.68. The zero-order valence-electron chi connectivity index (χ0n) is 13.8. The van der Waals surface area contributed by atoms with Crippen molar-refractivity contribution in [3.63, 3.8) is 0 Å². The lowest BCUT2D eigenvalue weighted by atomic mass is 10.0. The Labute approximate surface area is 133 Å². The second-order valence-corrected chi connectivity index (χ2v) is 5.81. The largest absolute Gasteiger partial charge is 0.379 e. The molecule has 0 radical (unpaired) electrons. The zero-order valence-corrected chi connectivity index (χ0v) is 13.8. The fourth-order valence-electron chi connectivity index (χ4n) is 2.68. The Bertz CT molecular complexity index is 467. The minimum Gasteiger partial charge on any atom is -0.379 e. The third-order valence-corrected chi connectivity index (χ3v) is 4.09. The first-order chi connectivity index (χ1) is 10.6. The highest BCUT2D eigenvalue weighted by Crippen LogP contribution is 2.23. The fraction of sp³-hybridized carbons (Fsp3) is 0.588. The van der Waals surface area contributed by atoms with Crippen LogP contribution in [0.3, 0.4) is 0 Å². The molecule has 122 valence electrons. The molecule has 22 heavy (non-hydrogen) atoms. The van der Waals surface area contributed by atoms with E-state index in [9.17, 15) is 4.79 Å². The van der Waals surface area contributed by atoms with Crippen molar-refractivity contribution in [1.82, 2.24) is 10.2 Å². The van der Waals surface area contributed by atoms with E-state index in [1.807, 2.05) is 21.0 Å². The van der Waals surface area contributed by atoms with Crippen molar-refractivity contribution in [1.29, 1.82) is 0 Å². The summed E-state index contributed by atoms with van der Waals surface area (Å²) in [5.74, 6) is 0.100. The second-order valence-electron chi connectivity index (χ2n) is 5.81. The lowest BCUT2D eigenvalue weighted by molar-refractivity contribution is -0.121. The number of morpholine rings is 1. The summed E-state index contributed by atoms with van der Waals surface area (Å²) in [5, 5.41) is 3.03. The molecule has 1 fully saturated rings. The second kappa shape index (κ2) is 8.15. The van der Waals surface area contributed by atoms with Gasteiger partial charge in [0.1, 0.15) is 0 Å². The van der Waals surface area contributed by atoms with Gasteiger partial charge < -0.3 is 15.0 Å². The number of anilines is 1. The maximum atomic E-state index is 11.6. The first-order valence-corrected chi connectivity index (χ1v) is 7.97. The molecule has 1 aromatic carbocycles. The topological polar surface area (TPSA) is 44.8 Å². The van der Waals surface area contributed by atoms with Gasteiger partial charge in [0.05, 0.1) is 19.3 Å². The number of nitrogens with one attached hydrogen (secondary N) is 1. The SMILES string of the molecule is CCC(=O)NC[C@H](c1ccc(N(C)C)cc1)N1CCOCC1. The average Bonchev–Trinajstić information content (AvgIpc) is 2.56. The van der Waals surface area contributed by atoms with E-state index in [0.717, 1.165) is 26.3 Å². The summed E-state index contributed by atoms with van der Waals surface area (Å²) in [5.41, 5.74) is 2.42. The summed E-state index contributed by atoms with van der Waals surface area (Å²) in [6.45, 7) is 5.85. The summed E-state index contributed by atoms with van der Waals surface area (Å²) in [6.07, 6.45) is 0.523. The minimum absolute atomic E-state index is 0.100. The van der Waals surface area contributed by atoms with E-state index in [2.05, 4.69) is 39.4 Å². The molecule has 0 bridgehead atoms. The molecule has 0 unspecified atom stereocenters. The molecular weight excluding hydrogens is 278 g/mol. The molecule has 1 N–H and O–H groups in total. The number of nitrogens with zero attached hydrogens (tertiary/aromatic N) is 2. The molecule has 1 heterocycles. The summed E-state index contributed by atoms with van der Waals surface area (Å²) >= 11 is 0. The van der Waals surface area contributed by atoms with E-state index in [0.29, 0.717) is 13.0 Å². The average molecular weight is 305 g/mol. The van der Waals surface area contributed by atoms with E-state index >= 15 is 0 Å². The molecule has 0 spiro atoms. The lowest BCUT2D eigenvalue weighted by Crippen LogP contribution is -2.43. The van der Waals surface area contributed by atoms with E-state index in [1.165, 1.54) is 11.3 Å². The number of hydrogen-bond acceptors (Lipinski definition) is 4. The highest BCUT2D eigenvalue weighted by molar-refractivity contribution is 5.75. The minimum atomic E-state index is 0.100. The first kappa shape index (κ1) is 16.8. The Morgan fingerprint density at radius 2 is 1.91 bits per heavy atom. The van der Waals surface area contributed by atoms with Crippen molar-refractivity contribution >= 4 is 11.6 Å². The number of rotatable bonds is 6. The van der Waals surface area contributed by atoms with Gasteiger partial charge in [-0.05, 0) is 17.7 Å². The number of hydrogen-bond donors (Lipinski definition) is 1. The summed E-state index contributed by atoms with van der Waals surface area (Å²) in [6, 6.07) is 8.78. The molecule has 5 nitrogen and oxygen atoms in total. The van der Waals surface area contributed by atoms with E-state index in [1.54, 1.807) is 0 Å². The van der Waals surface area contributed by atoms with Gasteiger partial charge in [0, 0.05) is 45.8 Å². The highest BCUT2D eigenvalue weighted by atomic mass is 16.5. The van der Waals surface area contributed by atoms with Crippen LogP contribution in [0.5, 0.6) is 0 Å². The van der Waals surface area contributed by atoms with Gasteiger partial charge in [-0.25, -0.2) is 0 Å². The van der Waals surface area contributed by atoms with Crippen LogP contribution in [0.15, 0.2) is 24.3 Å². The Morgan fingerprint density at radius 3 is 2.45 bits per heavy atom. The van der Waals surface area contributed by atoms with Crippen molar-refractivity contribution in [2.75, 3.05) is 51.8 Å². The molecule has 1 aliphatic rings. The van der Waals surface area contributed by atoms with Crippen molar-refractivity contribution in [2.24, 2.45) is 0 Å². The predicted octanol–water partition coefficient (Wildman–Crippen LogP) is 1.65. The molecule has 1 aromatic rings. The number of amides is 1. The number of carbonyl (C=O) groups is 1. The van der Waals surface area contributed by atoms with Crippen LogP contribution in [0.25, 0.3) is 0 Å². The highest BCUT2D eigenvalue weighted by Gasteiger charge is 2.23. The third-order valence-electron chi connectivity index (χ3n) is 4.09. The van der Waals surface area contributed by atoms with Gasteiger partial charge in [-0.15, -0.1) is 0 Å². The van der Waals surface area contributed by atoms with Gasteiger partial charge in [-0.3, -0.25) is 9.69 Å². The van der Waals surface area contributed by atoms with Crippen LogP contribution in [-0.4, -0.2) is 57.8 Å². The van der Waals surface area contributed by atoms with Crippen LogP contribution in [0.4, 0.5) is 5.69 Å². The van der Waals surface area contributed by atoms with Crippen molar-refractivity contribution < 1.29 is 9.53 Å². The zero-order chi connectivity index (χ0) is 15.9. The van der Waals surface area contributed by atoms with Crippen molar-refractivity contribution in [3.8, 4) is 0 Å². The van der Waals surface area contributed by atoms with E-state index in [-0.39, 0.29) is 11.9 Å². The Kier molecular flexibility index (Phi) is 6.21. The lowest BCUT2D eigenvalue weighted by Gasteiger charge is -2.35. The number of carbonyl (C=O) groups excluding carboxylic acids is 1. The molecule has 1 atom stereocenters. The van der Waals surface area contributed by atoms with Crippen LogP contribution < -0.4 is 10.2 Å². The Hall–Kier alpha value is -1.59. The summed E-state index contributed by atoms with van der Waals surface area (Å²) in [7, 11) is 4.08. The van der Waals surface area contributed by atoms with Crippen LogP contribution in [0.1, 0.15) is 24.9 Å². The normalized spacial score (nSPS) is 17.0. The number of benzene rings is 1. The summed E-state index contributed by atoms with van der Waals surface area (Å²) in [4.78, 5) is 16.1. The first-order valence-electron chi connectivity index (χ1n) is 7.97. The predicted molar refractivity (Wildman–Crippen MR) is 89.2 cm³/mol. The number of ether oxygens (including phenoxy) is 1. The van der Waals surface area contributed by atoms with Gasteiger partial charge in [0.25, 0.3) is 0 Å².